The second-order valence-corrected chi connectivity index (χ2v) is 5.05. The van der Waals surface area contributed by atoms with Crippen LogP contribution in [0.5, 0.6) is 5.75 Å². The van der Waals surface area contributed by atoms with E-state index in [1.54, 1.807) is 0 Å². The molecule has 0 atom stereocenters. The summed E-state index contributed by atoms with van der Waals surface area (Å²) >= 11 is 0. The molecule has 20 heavy (non-hydrogen) atoms. The second kappa shape index (κ2) is 7.08. The van der Waals surface area contributed by atoms with Crippen LogP contribution in [0.1, 0.15) is 33.3 Å². The minimum atomic E-state index is -0.493. The summed E-state index contributed by atoms with van der Waals surface area (Å²) < 4.78 is 23.7. The first kappa shape index (κ1) is 16.2. The highest BCUT2D eigenvalue weighted by Crippen LogP contribution is 2.28. The van der Waals surface area contributed by atoms with E-state index in [9.17, 15) is 9.18 Å². The Morgan fingerprint density at radius 3 is 2.40 bits per heavy atom. The second-order valence-electron chi connectivity index (χ2n) is 5.05. The van der Waals surface area contributed by atoms with Gasteiger partial charge in [-0.15, -0.1) is 0 Å². The summed E-state index contributed by atoms with van der Waals surface area (Å²) in [6.45, 7) is 7.26. The van der Waals surface area contributed by atoms with Crippen LogP contribution in [-0.4, -0.2) is 19.2 Å². The third-order valence-electron chi connectivity index (χ3n) is 2.84. The molecular formula is C16H21FO3. The lowest BCUT2D eigenvalue weighted by atomic mass is 9.84. The van der Waals surface area contributed by atoms with Crippen LogP contribution in [0.3, 0.4) is 0 Å². The van der Waals surface area contributed by atoms with Crippen molar-refractivity contribution in [2.75, 3.05) is 13.2 Å². The van der Waals surface area contributed by atoms with E-state index < -0.39 is 17.2 Å². The fourth-order valence-corrected chi connectivity index (χ4v) is 1.83. The number of carbonyl (C=O) groups is 1. The molecule has 0 saturated carbocycles. The number of halogens is 1. The molecule has 3 nitrogen and oxygen atoms in total. The molecule has 0 amide bonds. The van der Waals surface area contributed by atoms with Crippen molar-refractivity contribution < 1.29 is 18.7 Å². The lowest BCUT2D eigenvalue weighted by Gasteiger charge is -2.21. The molecule has 0 aromatic heterocycles. The fraction of sp³-hybridized carbons (Fsp3) is 0.438. The molecule has 0 radical (unpaired) electrons. The van der Waals surface area contributed by atoms with Gasteiger partial charge in [0, 0.05) is 12.3 Å². The zero-order valence-corrected chi connectivity index (χ0v) is 12.4. The molecule has 0 aliphatic heterocycles. The van der Waals surface area contributed by atoms with Crippen LogP contribution < -0.4 is 4.74 Å². The molecule has 0 saturated heterocycles. The van der Waals surface area contributed by atoms with Gasteiger partial charge in [-0.25, -0.2) is 4.39 Å². The van der Waals surface area contributed by atoms with Crippen LogP contribution >= 0.6 is 0 Å². The average Bonchev–Trinajstić information content (AvgIpc) is 2.37. The fourth-order valence-electron chi connectivity index (χ4n) is 1.83. The van der Waals surface area contributed by atoms with Crippen molar-refractivity contribution in [1.82, 2.24) is 0 Å². The van der Waals surface area contributed by atoms with Crippen LogP contribution in [0.25, 0.3) is 0 Å². The average molecular weight is 280 g/mol. The third-order valence-corrected chi connectivity index (χ3v) is 2.84. The molecule has 4 heteroatoms. The van der Waals surface area contributed by atoms with E-state index >= 15 is 0 Å². The molecular weight excluding hydrogens is 259 g/mol. The first-order chi connectivity index (χ1) is 9.35. The Labute approximate surface area is 119 Å². The summed E-state index contributed by atoms with van der Waals surface area (Å²) in [6, 6.07) is 7.53. The number of rotatable bonds is 6. The molecule has 0 N–H and O–H groups in total. The highest BCUT2D eigenvalue weighted by molar-refractivity contribution is 5.66. The lowest BCUT2D eigenvalue weighted by Crippen LogP contribution is -2.15. The normalized spacial score (nSPS) is 12.2. The number of ether oxygens (including phenoxy) is 2. The number of esters is 1. The van der Waals surface area contributed by atoms with Crippen molar-refractivity contribution in [2.24, 2.45) is 0 Å². The van der Waals surface area contributed by atoms with E-state index in [1.807, 2.05) is 45.0 Å². The van der Waals surface area contributed by atoms with E-state index in [4.69, 9.17) is 4.74 Å². The van der Waals surface area contributed by atoms with Gasteiger partial charge < -0.3 is 9.47 Å². The van der Waals surface area contributed by atoms with Crippen LogP contribution in [0.4, 0.5) is 4.39 Å². The van der Waals surface area contributed by atoms with E-state index in [2.05, 4.69) is 4.74 Å². The van der Waals surface area contributed by atoms with Gasteiger partial charge in [-0.2, -0.15) is 0 Å². The zero-order chi connectivity index (χ0) is 15.2. The summed E-state index contributed by atoms with van der Waals surface area (Å²) in [5, 5.41) is 0. The highest BCUT2D eigenvalue weighted by Gasteiger charge is 2.19. The van der Waals surface area contributed by atoms with Gasteiger partial charge in [0.1, 0.15) is 18.2 Å². The molecule has 1 rings (SSSR count). The molecule has 0 fully saturated rings. The van der Waals surface area contributed by atoms with Crippen LogP contribution in [-0.2, 0) is 14.9 Å². The van der Waals surface area contributed by atoms with Gasteiger partial charge in [-0.05, 0) is 30.7 Å². The molecule has 1 aromatic carbocycles. The molecule has 0 aliphatic rings. The Morgan fingerprint density at radius 1 is 1.30 bits per heavy atom. The summed E-state index contributed by atoms with van der Waals surface area (Å²) in [7, 11) is 0. The SMILES string of the molecule is CCOc1ccc(C(C)(C)C=C(F)COC(C)=O)cc1. The Balaban J connectivity index is 2.81. The van der Waals surface area contributed by atoms with Gasteiger partial charge in [-0.3, -0.25) is 4.79 Å². The topological polar surface area (TPSA) is 35.5 Å². The lowest BCUT2D eigenvalue weighted by molar-refractivity contribution is -0.140. The summed E-state index contributed by atoms with van der Waals surface area (Å²) in [5.41, 5.74) is 0.466. The summed E-state index contributed by atoms with van der Waals surface area (Å²) in [5.74, 6) is -0.164. The Morgan fingerprint density at radius 2 is 1.90 bits per heavy atom. The maximum atomic E-state index is 13.7. The van der Waals surface area contributed by atoms with Crippen molar-refractivity contribution >= 4 is 5.97 Å². The molecule has 0 unspecified atom stereocenters. The van der Waals surface area contributed by atoms with Crippen LogP contribution in [0, 0.1) is 0 Å². The van der Waals surface area contributed by atoms with Gasteiger partial charge in [0.05, 0.1) is 6.61 Å². The first-order valence-corrected chi connectivity index (χ1v) is 6.59. The number of allylic oxidation sites excluding steroid dienone is 1. The Hall–Kier alpha value is -1.84. The van der Waals surface area contributed by atoms with Crippen LogP contribution in [0.15, 0.2) is 36.2 Å². The van der Waals surface area contributed by atoms with Crippen LogP contribution in [0.2, 0.25) is 0 Å². The highest BCUT2D eigenvalue weighted by atomic mass is 19.1. The quantitative estimate of drug-likeness (QED) is 0.744. The number of benzene rings is 1. The molecule has 0 spiro atoms. The van der Waals surface area contributed by atoms with Crippen molar-refractivity contribution in [2.45, 2.75) is 33.1 Å². The Kier molecular flexibility index (Phi) is 5.74. The van der Waals surface area contributed by atoms with E-state index in [1.165, 1.54) is 13.0 Å². The van der Waals surface area contributed by atoms with Gasteiger partial charge in [0.15, 0.2) is 0 Å². The van der Waals surface area contributed by atoms with E-state index in [0.717, 1.165) is 11.3 Å². The van der Waals surface area contributed by atoms with Gasteiger partial charge in [0.25, 0.3) is 0 Å². The van der Waals surface area contributed by atoms with E-state index in [0.29, 0.717) is 6.61 Å². The standard InChI is InChI=1S/C16H21FO3/c1-5-19-15-8-6-13(7-9-15)16(3,4)10-14(17)11-20-12(2)18/h6-10H,5,11H2,1-4H3. The van der Waals surface area contributed by atoms with Crippen molar-refractivity contribution in [3.05, 3.63) is 41.7 Å². The van der Waals surface area contributed by atoms with Crippen molar-refractivity contribution in [1.29, 1.82) is 0 Å². The monoisotopic (exact) mass is 280 g/mol. The number of hydrogen-bond acceptors (Lipinski definition) is 3. The number of carbonyl (C=O) groups excluding carboxylic acids is 1. The predicted molar refractivity (Wildman–Crippen MR) is 76.5 cm³/mol. The molecule has 0 bridgehead atoms. The van der Waals surface area contributed by atoms with Gasteiger partial charge >= 0.3 is 5.97 Å². The minimum Gasteiger partial charge on any atom is -0.494 e. The maximum absolute atomic E-state index is 13.7. The van der Waals surface area contributed by atoms with Crippen molar-refractivity contribution in [3.63, 3.8) is 0 Å². The molecule has 1 aromatic rings. The van der Waals surface area contributed by atoms with Gasteiger partial charge in [0.2, 0.25) is 0 Å². The van der Waals surface area contributed by atoms with Gasteiger partial charge in [-0.1, -0.05) is 26.0 Å². The maximum Gasteiger partial charge on any atom is 0.303 e. The molecule has 0 aliphatic carbocycles. The Bertz CT molecular complexity index is 475. The predicted octanol–water partition coefficient (Wildman–Crippen LogP) is 3.78. The van der Waals surface area contributed by atoms with E-state index in [-0.39, 0.29) is 6.61 Å². The number of hydrogen-bond donors (Lipinski definition) is 0. The summed E-state index contributed by atoms with van der Waals surface area (Å²) in [6.07, 6.45) is 1.46. The largest absolute Gasteiger partial charge is 0.494 e. The first-order valence-electron chi connectivity index (χ1n) is 6.59. The minimum absolute atomic E-state index is 0.324. The third kappa shape index (κ3) is 5.03. The summed E-state index contributed by atoms with van der Waals surface area (Å²) in [4.78, 5) is 10.7. The smallest absolute Gasteiger partial charge is 0.303 e. The molecule has 0 heterocycles. The van der Waals surface area contributed by atoms with Crippen molar-refractivity contribution in [3.8, 4) is 5.75 Å². The molecule has 110 valence electrons. The zero-order valence-electron chi connectivity index (χ0n) is 12.4.